The summed E-state index contributed by atoms with van der Waals surface area (Å²) in [4.78, 5) is 18.9. The number of thiazole rings is 1. The van der Waals surface area contributed by atoms with E-state index < -0.39 is 0 Å². The Morgan fingerprint density at radius 1 is 1.40 bits per heavy atom. The van der Waals surface area contributed by atoms with Crippen LogP contribution in [0.5, 0.6) is 0 Å². The van der Waals surface area contributed by atoms with Gasteiger partial charge in [0.2, 0.25) is 0 Å². The third-order valence-electron chi connectivity index (χ3n) is 4.33. The maximum atomic E-state index is 13.7. The molecule has 2 aromatic rings. The summed E-state index contributed by atoms with van der Waals surface area (Å²) in [5.41, 5.74) is 6.76. The number of amides is 1. The van der Waals surface area contributed by atoms with Crippen LogP contribution in [0, 0.1) is 11.7 Å². The van der Waals surface area contributed by atoms with Crippen molar-refractivity contribution in [2.75, 3.05) is 13.1 Å². The number of aromatic nitrogens is 1. The minimum Gasteiger partial charge on any atom is -0.334 e. The van der Waals surface area contributed by atoms with E-state index in [0.29, 0.717) is 36.7 Å². The van der Waals surface area contributed by atoms with Crippen molar-refractivity contribution in [1.29, 1.82) is 0 Å². The third kappa shape index (κ3) is 4.91. The Balaban J connectivity index is 0.00000156. The fourth-order valence-corrected chi connectivity index (χ4v) is 3.83. The standard InChI is InChI=1S/C17H20FN3OS.2ClH/c1-11-6-12(8-19)9-21(11)17(22)15-10-23-16(20-15)7-13-4-2-3-5-14(13)18;;/h2-5,10-12H,6-9,19H2,1H3;2*1H. The van der Waals surface area contributed by atoms with E-state index in [1.807, 2.05) is 11.8 Å². The van der Waals surface area contributed by atoms with Crippen molar-refractivity contribution in [3.63, 3.8) is 0 Å². The van der Waals surface area contributed by atoms with Gasteiger partial charge in [0.25, 0.3) is 5.91 Å². The number of carbonyl (C=O) groups excluding carboxylic acids is 1. The Labute approximate surface area is 163 Å². The van der Waals surface area contributed by atoms with Gasteiger partial charge in [-0.25, -0.2) is 9.37 Å². The number of nitrogens with two attached hydrogens (primary N) is 1. The van der Waals surface area contributed by atoms with E-state index in [-0.39, 0.29) is 42.6 Å². The van der Waals surface area contributed by atoms with Crippen LogP contribution in [0.25, 0.3) is 0 Å². The molecule has 0 bridgehead atoms. The second-order valence-electron chi connectivity index (χ2n) is 6.04. The number of nitrogens with zero attached hydrogens (tertiary/aromatic N) is 2. The molecule has 2 unspecified atom stereocenters. The quantitative estimate of drug-likeness (QED) is 0.845. The number of likely N-dealkylation sites (tertiary alicyclic amines) is 1. The average Bonchev–Trinajstić information content (AvgIpc) is 3.15. The normalized spacial score (nSPS) is 19.2. The molecule has 1 amide bonds. The fourth-order valence-electron chi connectivity index (χ4n) is 3.04. The van der Waals surface area contributed by atoms with Gasteiger partial charge in [-0.05, 0) is 37.4 Å². The van der Waals surface area contributed by atoms with Crippen LogP contribution in [-0.4, -0.2) is 34.9 Å². The first-order chi connectivity index (χ1) is 11.1. The zero-order valence-corrected chi connectivity index (χ0v) is 16.3. The molecule has 138 valence electrons. The molecule has 0 saturated carbocycles. The first-order valence-electron chi connectivity index (χ1n) is 7.77. The fraction of sp³-hybridized carbons (Fsp3) is 0.412. The van der Waals surface area contributed by atoms with Gasteiger partial charge in [-0.1, -0.05) is 18.2 Å². The molecule has 0 radical (unpaired) electrons. The predicted molar refractivity (Wildman–Crippen MR) is 103 cm³/mol. The van der Waals surface area contributed by atoms with Crippen molar-refractivity contribution >= 4 is 42.1 Å². The molecule has 1 aliphatic heterocycles. The third-order valence-corrected chi connectivity index (χ3v) is 5.17. The summed E-state index contributed by atoms with van der Waals surface area (Å²) in [7, 11) is 0. The van der Waals surface area contributed by atoms with Crippen LogP contribution in [0.2, 0.25) is 0 Å². The summed E-state index contributed by atoms with van der Waals surface area (Å²) in [6, 6.07) is 6.84. The topological polar surface area (TPSA) is 59.2 Å². The molecule has 2 N–H and O–H groups in total. The Hall–Kier alpha value is -1.21. The number of halogens is 3. The molecule has 2 atom stereocenters. The van der Waals surface area contributed by atoms with Gasteiger partial charge in [0.1, 0.15) is 11.5 Å². The van der Waals surface area contributed by atoms with Crippen molar-refractivity contribution in [1.82, 2.24) is 9.88 Å². The maximum absolute atomic E-state index is 13.7. The van der Waals surface area contributed by atoms with E-state index in [1.165, 1.54) is 17.4 Å². The van der Waals surface area contributed by atoms with Crippen LogP contribution in [0.4, 0.5) is 4.39 Å². The summed E-state index contributed by atoms with van der Waals surface area (Å²) in [6.07, 6.45) is 1.35. The van der Waals surface area contributed by atoms with E-state index in [2.05, 4.69) is 4.98 Å². The van der Waals surface area contributed by atoms with Crippen molar-refractivity contribution in [2.24, 2.45) is 11.7 Å². The van der Waals surface area contributed by atoms with Crippen molar-refractivity contribution in [2.45, 2.75) is 25.8 Å². The SMILES string of the molecule is CC1CC(CN)CN1C(=O)c1csc(Cc2ccccc2F)n1.Cl.Cl. The minimum absolute atomic E-state index is 0. The molecule has 0 spiro atoms. The molecule has 0 aliphatic carbocycles. The molecule has 1 aromatic carbocycles. The van der Waals surface area contributed by atoms with Crippen LogP contribution in [-0.2, 0) is 6.42 Å². The van der Waals surface area contributed by atoms with E-state index in [9.17, 15) is 9.18 Å². The van der Waals surface area contributed by atoms with Crippen LogP contribution in [0.15, 0.2) is 29.6 Å². The highest BCUT2D eigenvalue weighted by molar-refractivity contribution is 7.09. The summed E-state index contributed by atoms with van der Waals surface area (Å²) < 4.78 is 13.7. The number of carbonyl (C=O) groups is 1. The largest absolute Gasteiger partial charge is 0.334 e. The molecule has 4 nitrogen and oxygen atoms in total. The lowest BCUT2D eigenvalue weighted by Gasteiger charge is -2.20. The Morgan fingerprint density at radius 3 is 2.76 bits per heavy atom. The van der Waals surface area contributed by atoms with E-state index in [1.54, 1.807) is 23.6 Å². The molecule has 1 fully saturated rings. The second-order valence-corrected chi connectivity index (χ2v) is 6.98. The number of hydrogen-bond donors (Lipinski definition) is 1. The highest BCUT2D eigenvalue weighted by atomic mass is 35.5. The Morgan fingerprint density at radius 2 is 2.12 bits per heavy atom. The number of benzene rings is 1. The lowest BCUT2D eigenvalue weighted by atomic mass is 10.1. The van der Waals surface area contributed by atoms with Crippen molar-refractivity contribution in [3.8, 4) is 0 Å². The maximum Gasteiger partial charge on any atom is 0.273 e. The first kappa shape index (κ1) is 21.8. The molecule has 25 heavy (non-hydrogen) atoms. The van der Waals surface area contributed by atoms with E-state index in [0.717, 1.165) is 11.4 Å². The zero-order valence-electron chi connectivity index (χ0n) is 13.9. The molecular weight excluding hydrogens is 384 g/mol. The van der Waals surface area contributed by atoms with Crippen molar-refractivity contribution < 1.29 is 9.18 Å². The van der Waals surface area contributed by atoms with Crippen molar-refractivity contribution in [3.05, 3.63) is 51.7 Å². The highest BCUT2D eigenvalue weighted by Gasteiger charge is 2.33. The summed E-state index contributed by atoms with van der Waals surface area (Å²) in [6.45, 7) is 3.33. The Bertz CT molecular complexity index is 713. The molecular formula is C17H22Cl2FN3OS. The minimum atomic E-state index is -0.241. The first-order valence-corrected chi connectivity index (χ1v) is 8.65. The molecule has 1 aliphatic rings. The summed E-state index contributed by atoms with van der Waals surface area (Å²) in [5, 5.41) is 2.52. The van der Waals surface area contributed by atoms with E-state index >= 15 is 0 Å². The molecule has 1 aromatic heterocycles. The number of rotatable bonds is 4. The van der Waals surface area contributed by atoms with Gasteiger partial charge < -0.3 is 10.6 Å². The van der Waals surface area contributed by atoms with Gasteiger partial charge in [0, 0.05) is 24.4 Å². The molecule has 3 rings (SSSR count). The lowest BCUT2D eigenvalue weighted by Crippen LogP contribution is -2.34. The van der Waals surface area contributed by atoms with Gasteiger partial charge in [-0.15, -0.1) is 36.2 Å². The van der Waals surface area contributed by atoms with Crippen LogP contribution >= 0.6 is 36.2 Å². The van der Waals surface area contributed by atoms with Gasteiger partial charge in [-0.3, -0.25) is 4.79 Å². The smallest absolute Gasteiger partial charge is 0.273 e. The molecule has 1 saturated heterocycles. The summed E-state index contributed by atoms with van der Waals surface area (Å²) in [5.74, 6) is 0.0736. The highest BCUT2D eigenvalue weighted by Crippen LogP contribution is 2.25. The molecule has 8 heteroatoms. The number of hydrogen-bond acceptors (Lipinski definition) is 4. The lowest BCUT2D eigenvalue weighted by molar-refractivity contribution is 0.0738. The van der Waals surface area contributed by atoms with E-state index in [4.69, 9.17) is 5.73 Å². The Kier molecular flexibility index (Phi) is 8.28. The monoisotopic (exact) mass is 405 g/mol. The summed E-state index contributed by atoms with van der Waals surface area (Å²) >= 11 is 1.40. The van der Waals surface area contributed by atoms with Crippen LogP contribution < -0.4 is 5.73 Å². The zero-order chi connectivity index (χ0) is 16.4. The average molecular weight is 406 g/mol. The van der Waals surface area contributed by atoms with Crippen LogP contribution in [0.3, 0.4) is 0 Å². The van der Waals surface area contributed by atoms with Crippen LogP contribution in [0.1, 0.15) is 34.4 Å². The van der Waals surface area contributed by atoms with Gasteiger partial charge in [0.05, 0.1) is 5.01 Å². The van der Waals surface area contributed by atoms with Gasteiger partial charge in [-0.2, -0.15) is 0 Å². The predicted octanol–water partition coefficient (Wildman–Crippen LogP) is 3.53. The molecule has 2 heterocycles. The van der Waals surface area contributed by atoms with Gasteiger partial charge >= 0.3 is 0 Å². The van der Waals surface area contributed by atoms with Gasteiger partial charge in [0.15, 0.2) is 0 Å². The second kappa shape index (κ2) is 9.48.